The van der Waals surface area contributed by atoms with Crippen LogP contribution < -0.4 is 5.32 Å². The first-order valence-electron chi connectivity index (χ1n) is 4.52. The van der Waals surface area contributed by atoms with Gasteiger partial charge in [0, 0.05) is 11.8 Å². The van der Waals surface area contributed by atoms with E-state index in [2.05, 4.69) is 10.3 Å². The molecule has 0 aromatic carbocycles. The predicted octanol–water partition coefficient (Wildman–Crippen LogP) is 3.96. The van der Waals surface area contributed by atoms with Crippen LogP contribution in [0.3, 0.4) is 0 Å². The fourth-order valence-electron chi connectivity index (χ4n) is 1.39. The molecule has 0 saturated carbocycles. The molecule has 1 aromatic heterocycles. The predicted molar refractivity (Wildman–Crippen MR) is 68.6 cm³/mol. The second-order valence-electron chi connectivity index (χ2n) is 3.30. The molecule has 1 aromatic rings. The third-order valence-corrected chi connectivity index (χ3v) is 4.28. The lowest BCUT2D eigenvalue weighted by molar-refractivity contribution is 0.807. The summed E-state index contributed by atoms with van der Waals surface area (Å²) in [5.74, 6) is 2.88. The van der Waals surface area contributed by atoms with Crippen molar-refractivity contribution in [3.05, 3.63) is 21.3 Å². The SMILES string of the molecule is Clc1cc(Cl)c(NC2CCSC2)nc1Cl. The zero-order valence-electron chi connectivity index (χ0n) is 7.77. The minimum absolute atomic E-state index is 0.286. The Kier molecular flexibility index (Phi) is 3.88. The quantitative estimate of drug-likeness (QED) is 0.832. The highest BCUT2D eigenvalue weighted by Gasteiger charge is 2.17. The van der Waals surface area contributed by atoms with Crippen molar-refractivity contribution in [2.45, 2.75) is 12.5 Å². The third kappa shape index (κ3) is 2.84. The van der Waals surface area contributed by atoms with E-state index in [0.717, 1.165) is 12.2 Å². The molecule has 0 bridgehead atoms. The lowest BCUT2D eigenvalue weighted by Gasteiger charge is -2.13. The molecule has 0 aliphatic carbocycles. The Balaban J connectivity index is 2.16. The van der Waals surface area contributed by atoms with Crippen LogP contribution in [0.4, 0.5) is 5.82 Å². The number of halogens is 3. The molecule has 0 spiro atoms. The van der Waals surface area contributed by atoms with Gasteiger partial charge in [0.1, 0.15) is 11.0 Å². The second-order valence-corrected chi connectivity index (χ2v) is 5.62. The lowest BCUT2D eigenvalue weighted by atomic mass is 10.2. The highest BCUT2D eigenvalue weighted by atomic mass is 35.5. The van der Waals surface area contributed by atoms with Crippen LogP contribution >= 0.6 is 46.6 Å². The molecule has 1 saturated heterocycles. The number of nitrogens with zero attached hydrogens (tertiary/aromatic N) is 1. The Labute approximate surface area is 108 Å². The number of aromatic nitrogens is 1. The van der Waals surface area contributed by atoms with Gasteiger partial charge in [0.25, 0.3) is 0 Å². The maximum absolute atomic E-state index is 6.01. The Bertz CT molecular complexity index is 367. The standard InChI is InChI=1S/C9H9Cl3N2S/c10-6-3-7(11)9(14-8(6)12)13-5-1-2-15-4-5/h3,5H,1-2,4H2,(H,13,14). The van der Waals surface area contributed by atoms with Gasteiger partial charge < -0.3 is 5.32 Å². The van der Waals surface area contributed by atoms with E-state index in [1.807, 2.05) is 11.8 Å². The van der Waals surface area contributed by atoms with Gasteiger partial charge in [-0.1, -0.05) is 34.8 Å². The van der Waals surface area contributed by atoms with E-state index in [1.54, 1.807) is 6.07 Å². The van der Waals surface area contributed by atoms with Gasteiger partial charge in [0.2, 0.25) is 0 Å². The summed E-state index contributed by atoms with van der Waals surface area (Å²) in [5, 5.41) is 4.45. The summed E-state index contributed by atoms with van der Waals surface area (Å²) in [6.07, 6.45) is 1.13. The van der Waals surface area contributed by atoms with E-state index in [9.17, 15) is 0 Å². The molecule has 2 nitrogen and oxygen atoms in total. The summed E-state index contributed by atoms with van der Waals surface area (Å²) >= 11 is 19.5. The van der Waals surface area contributed by atoms with Crippen molar-refractivity contribution < 1.29 is 0 Å². The van der Waals surface area contributed by atoms with Gasteiger partial charge in [0.05, 0.1) is 10.0 Å². The van der Waals surface area contributed by atoms with Crippen LogP contribution in [-0.4, -0.2) is 22.5 Å². The highest BCUT2D eigenvalue weighted by molar-refractivity contribution is 7.99. The fourth-order valence-corrected chi connectivity index (χ4v) is 3.09. The average Bonchev–Trinajstić information content (AvgIpc) is 2.67. The normalized spacial score (nSPS) is 20.6. The van der Waals surface area contributed by atoms with Crippen molar-refractivity contribution in [1.82, 2.24) is 4.98 Å². The molecule has 2 heterocycles. The Hall–Kier alpha value is 0.170. The Morgan fingerprint density at radius 1 is 1.33 bits per heavy atom. The lowest BCUT2D eigenvalue weighted by Crippen LogP contribution is -2.19. The van der Waals surface area contributed by atoms with Crippen LogP contribution in [0.25, 0.3) is 0 Å². The average molecular weight is 284 g/mol. The summed E-state index contributed by atoms with van der Waals surface area (Å²) in [4.78, 5) is 4.12. The zero-order chi connectivity index (χ0) is 10.8. The molecule has 1 unspecified atom stereocenters. The smallest absolute Gasteiger partial charge is 0.150 e. The number of anilines is 1. The van der Waals surface area contributed by atoms with Gasteiger partial charge in [0.15, 0.2) is 0 Å². The first kappa shape index (κ1) is 11.6. The van der Waals surface area contributed by atoms with Crippen molar-refractivity contribution in [3.8, 4) is 0 Å². The monoisotopic (exact) mass is 282 g/mol. The maximum atomic E-state index is 6.01. The molecule has 1 aliphatic heterocycles. The molecule has 82 valence electrons. The first-order valence-corrected chi connectivity index (χ1v) is 6.81. The molecule has 2 rings (SSSR count). The van der Waals surface area contributed by atoms with E-state index in [4.69, 9.17) is 34.8 Å². The van der Waals surface area contributed by atoms with Crippen molar-refractivity contribution in [1.29, 1.82) is 0 Å². The van der Waals surface area contributed by atoms with Crippen LogP contribution in [0.5, 0.6) is 0 Å². The molecule has 1 aliphatic rings. The molecule has 1 fully saturated rings. The van der Waals surface area contributed by atoms with E-state index in [1.165, 1.54) is 5.75 Å². The van der Waals surface area contributed by atoms with Crippen LogP contribution in [0, 0.1) is 0 Å². The van der Waals surface area contributed by atoms with Gasteiger partial charge in [-0.3, -0.25) is 0 Å². The number of nitrogens with one attached hydrogen (secondary N) is 1. The van der Waals surface area contributed by atoms with Crippen LogP contribution in [0.2, 0.25) is 15.2 Å². The van der Waals surface area contributed by atoms with Crippen LogP contribution in [-0.2, 0) is 0 Å². The summed E-state index contributed by atoms with van der Waals surface area (Å²) < 4.78 is 0. The van der Waals surface area contributed by atoms with Gasteiger partial charge in [-0.15, -0.1) is 0 Å². The van der Waals surface area contributed by atoms with Crippen molar-refractivity contribution >= 4 is 52.4 Å². The number of thioether (sulfide) groups is 1. The summed E-state index contributed by atoms with van der Waals surface area (Å²) in [6, 6.07) is 2.04. The number of hydrogen-bond acceptors (Lipinski definition) is 3. The molecular weight excluding hydrogens is 275 g/mol. The molecule has 0 radical (unpaired) electrons. The molecule has 1 atom stereocenters. The Morgan fingerprint density at radius 3 is 2.80 bits per heavy atom. The van der Waals surface area contributed by atoms with E-state index in [-0.39, 0.29) is 5.15 Å². The second kappa shape index (κ2) is 5.00. The number of hydrogen-bond donors (Lipinski definition) is 1. The van der Waals surface area contributed by atoms with Crippen molar-refractivity contribution in [2.75, 3.05) is 16.8 Å². The minimum Gasteiger partial charge on any atom is -0.365 e. The third-order valence-electron chi connectivity index (χ3n) is 2.16. The van der Waals surface area contributed by atoms with Gasteiger partial charge in [-0.05, 0) is 18.2 Å². The molecule has 6 heteroatoms. The van der Waals surface area contributed by atoms with Crippen LogP contribution in [0.1, 0.15) is 6.42 Å². The van der Waals surface area contributed by atoms with Gasteiger partial charge in [-0.2, -0.15) is 11.8 Å². The summed E-state index contributed by atoms with van der Waals surface area (Å²) in [6.45, 7) is 0. The minimum atomic E-state index is 0.286. The van der Waals surface area contributed by atoms with Crippen molar-refractivity contribution in [2.24, 2.45) is 0 Å². The topological polar surface area (TPSA) is 24.9 Å². The highest BCUT2D eigenvalue weighted by Crippen LogP contribution is 2.30. The van der Waals surface area contributed by atoms with Gasteiger partial charge >= 0.3 is 0 Å². The first-order chi connectivity index (χ1) is 7.16. The maximum Gasteiger partial charge on any atom is 0.150 e. The summed E-state index contributed by atoms with van der Waals surface area (Å²) in [7, 11) is 0. The van der Waals surface area contributed by atoms with Gasteiger partial charge in [-0.25, -0.2) is 4.98 Å². The molecule has 15 heavy (non-hydrogen) atoms. The molecular formula is C9H9Cl3N2S. The fraction of sp³-hybridized carbons (Fsp3) is 0.444. The number of pyridine rings is 1. The van der Waals surface area contributed by atoms with E-state index >= 15 is 0 Å². The summed E-state index contributed by atoms with van der Waals surface area (Å²) in [5.41, 5.74) is 0. The van der Waals surface area contributed by atoms with E-state index < -0.39 is 0 Å². The number of rotatable bonds is 2. The zero-order valence-corrected chi connectivity index (χ0v) is 10.8. The molecule has 0 amide bonds. The Morgan fingerprint density at radius 2 is 2.13 bits per heavy atom. The largest absolute Gasteiger partial charge is 0.365 e. The van der Waals surface area contributed by atoms with E-state index in [0.29, 0.717) is 21.9 Å². The molecule has 1 N–H and O–H groups in total. The van der Waals surface area contributed by atoms with Crippen LogP contribution in [0.15, 0.2) is 6.07 Å². The van der Waals surface area contributed by atoms with Crippen molar-refractivity contribution in [3.63, 3.8) is 0 Å².